The lowest BCUT2D eigenvalue weighted by molar-refractivity contribution is -0.195. The minimum absolute atomic E-state index is 0.0511. The number of halogens is 3. The summed E-state index contributed by atoms with van der Waals surface area (Å²) in [5, 5.41) is 2.17. The molecule has 0 bridgehead atoms. The van der Waals surface area contributed by atoms with Gasteiger partial charge >= 0.3 is 12.2 Å². The number of carbonyl (C=O) groups is 1. The quantitative estimate of drug-likeness (QED) is 0.836. The number of thioether (sulfide) groups is 1. The molecule has 0 aromatic carbocycles. The highest BCUT2D eigenvalue weighted by Crippen LogP contribution is 2.40. The first-order valence-electron chi connectivity index (χ1n) is 5.50. The van der Waals surface area contributed by atoms with Crippen LogP contribution >= 0.6 is 11.8 Å². The Morgan fingerprint density at radius 3 is 2.35 bits per heavy atom. The smallest absolute Gasteiger partial charge is 0.328 e. The number of nitrogens with zero attached hydrogens (tertiary/aromatic N) is 1. The predicted octanol–water partition coefficient (Wildman–Crippen LogP) is 2.48. The van der Waals surface area contributed by atoms with Gasteiger partial charge < -0.3 is 10.2 Å². The van der Waals surface area contributed by atoms with E-state index < -0.39 is 17.7 Å². The fraction of sp³-hybridized carbons (Fsp3) is 0.900. The van der Waals surface area contributed by atoms with Gasteiger partial charge in [-0.1, -0.05) is 0 Å². The standard InChI is InChI=1S/C10H17F3N2OS/c1-3-15(2)8(16)14-9(10(11,12)13)4-6-17-7-5-9/h3-7H2,1-2H3,(H,14,16). The van der Waals surface area contributed by atoms with Gasteiger partial charge in [-0.3, -0.25) is 0 Å². The van der Waals surface area contributed by atoms with E-state index >= 15 is 0 Å². The summed E-state index contributed by atoms with van der Waals surface area (Å²) in [6.45, 7) is 2.10. The highest BCUT2D eigenvalue weighted by Gasteiger charge is 2.56. The summed E-state index contributed by atoms with van der Waals surface area (Å²) in [6.07, 6.45) is -4.49. The van der Waals surface area contributed by atoms with Crippen LogP contribution < -0.4 is 5.32 Å². The maximum absolute atomic E-state index is 13.1. The first kappa shape index (κ1) is 14.5. The van der Waals surface area contributed by atoms with E-state index in [0.717, 1.165) is 0 Å². The van der Waals surface area contributed by atoms with Crippen LogP contribution in [0.5, 0.6) is 0 Å². The maximum atomic E-state index is 13.1. The fourth-order valence-corrected chi connectivity index (χ4v) is 2.83. The van der Waals surface area contributed by atoms with Gasteiger partial charge in [0, 0.05) is 13.6 Å². The van der Waals surface area contributed by atoms with E-state index in [-0.39, 0.29) is 12.8 Å². The second-order valence-corrected chi connectivity index (χ2v) is 5.36. The Kier molecular flexibility index (Phi) is 4.57. The lowest BCUT2D eigenvalue weighted by Crippen LogP contribution is -2.62. The Bertz CT molecular complexity index is 277. The third-order valence-corrected chi connectivity index (χ3v) is 4.04. The van der Waals surface area contributed by atoms with E-state index in [2.05, 4.69) is 5.32 Å². The predicted molar refractivity (Wildman–Crippen MR) is 62.2 cm³/mol. The maximum Gasteiger partial charge on any atom is 0.411 e. The normalized spacial score (nSPS) is 19.8. The van der Waals surface area contributed by atoms with Gasteiger partial charge in [-0.25, -0.2) is 4.79 Å². The molecule has 0 radical (unpaired) electrons. The Hall–Kier alpha value is -0.590. The molecule has 100 valence electrons. The van der Waals surface area contributed by atoms with E-state index in [1.165, 1.54) is 23.7 Å². The van der Waals surface area contributed by atoms with Crippen molar-refractivity contribution in [3.05, 3.63) is 0 Å². The van der Waals surface area contributed by atoms with Gasteiger partial charge in [0.05, 0.1) is 0 Å². The zero-order chi connectivity index (χ0) is 13.1. The molecule has 0 saturated carbocycles. The van der Waals surface area contributed by atoms with Crippen molar-refractivity contribution in [2.45, 2.75) is 31.5 Å². The average molecular weight is 270 g/mol. The molecule has 1 aliphatic heterocycles. The molecule has 0 spiro atoms. The van der Waals surface area contributed by atoms with Crippen molar-refractivity contribution in [1.82, 2.24) is 10.2 Å². The minimum Gasteiger partial charge on any atom is -0.328 e. The number of amides is 2. The molecule has 0 atom stereocenters. The Labute approximate surface area is 103 Å². The largest absolute Gasteiger partial charge is 0.411 e. The summed E-state index contributed by atoms with van der Waals surface area (Å²) in [5.41, 5.74) is -2.04. The molecule has 1 aliphatic rings. The summed E-state index contributed by atoms with van der Waals surface area (Å²) in [5.74, 6) is 0.852. The van der Waals surface area contributed by atoms with Crippen LogP contribution in [0.4, 0.5) is 18.0 Å². The molecule has 7 heteroatoms. The fourth-order valence-electron chi connectivity index (χ4n) is 1.64. The number of urea groups is 1. The summed E-state index contributed by atoms with van der Waals surface area (Å²) >= 11 is 1.49. The number of nitrogens with one attached hydrogen (secondary N) is 1. The van der Waals surface area contributed by atoms with Crippen LogP contribution in [0, 0.1) is 0 Å². The summed E-state index contributed by atoms with van der Waals surface area (Å²) in [6, 6.07) is -0.656. The van der Waals surface area contributed by atoms with Crippen LogP contribution in [0.1, 0.15) is 19.8 Å². The van der Waals surface area contributed by atoms with Crippen LogP contribution in [-0.4, -0.2) is 47.7 Å². The first-order valence-corrected chi connectivity index (χ1v) is 6.65. The number of hydrogen-bond acceptors (Lipinski definition) is 2. The number of carbonyl (C=O) groups excluding carboxylic acids is 1. The van der Waals surface area contributed by atoms with Gasteiger partial charge in [0.25, 0.3) is 0 Å². The van der Waals surface area contributed by atoms with E-state index in [0.29, 0.717) is 18.1 Å². The van der Waals surface area contributed by atoms with Crippen molar-refractivity contribution >= 4 is 17.8 Å². The third kappa shape index (κ3) is 3.20. The summed E-state index contributed by atoms with van der Waals surface area (Å²) in [4.78, 5) is 12.8. The molecular weight excluding hydrogens is 253 g/mol. The van der Waals surface area contributed by atoms with Gasteiger partial charge in [0.1, 0.15) is 5.54 Å². The lowest BCUT2D eigenvalue weighted by atomic mass is 9.91. The molecule has 3 nitrogen and oxygen atoms in total. The first-order chi connectivity index (χ1) is 7.82. The zero-order valence-electron chi connectivity index (χ0n) is 9.93. The van der Waals surface area contributed by atoms with Crippen LogP contribution in [0.25, 0.3) is 0 Å². The molecular formula is C10H17F3N2OS. The number of alkyl halides is 3. The molecule has 1 saturated heterocycles. The number of hydrogen-bond donors (Lipinski definition) is 1. The molecule has 0 unspecified atom stereocenters. The second-order valence-electron chi connectivity index (χ2n) is 4.14. The van der Waals surface area contributed by atoms with Crippen molar-refractivity contribution in [3.63, 3.8) is 0 Å². The van der Waals surface area contributed by atoms with Crippen molar-refractivity contribution < 1.29 is 18.0 Å². The van der Waals surface area contributed by atoms with Crippen molar-refractivity contribution in [2.75, 3.05) is 25.1 Å². The van der Waals surface area contributed by atoms with Crippen molar-refractivity contribution in [2.24, 2.45) is 0 Å². The van der Waals surface area contributed by atoms with E-state index in [4.69, 9.17) is 0 Å². The Balaban J connectivity index is 2.81. The molecule has 0 aromatic heterocycles. The highest BCUT2D eigenvalue weighted by molar-refractivity contribution is 7.99. The molecule has 2 amide bonds. The van der Waals surface area contributed by atoms with Crippen molar-refractivity contribution in [3.8, 4) is 0 Å². The number of rotatable bonds is 2. The van der Waals surface area contributed by atoms with Crippen molar-refractivity contribution in [1.29, 1.82) is 0 Å². The monoisotopic (exact) mass is 270 g/mol. The van der Waals surface area contributed by atoms with Gasteiger partial charge in [-0.05, 0) is 31.3 Å². The average Bonchev–Trinajstić information content (AvgIpc) is 2.27. The molecule has 1 rings (SSSR count). The third-order valence-electron chi connectivity index (χ3n) is 3.06. The van der Waals surface area contributed by atoms with E-state index in [1.807, 2.05) is 0 Å². The second kappa shape index (κ2) is 5.37. The van der Waals surface area contributed by atoms with Gasteiger partial charge in [-0.15, -0.1) is 0 Å². The van der Waals surface area contributed by atoms with Crippen LogP contribution in [0.15, 0.2) is 0 Å². The van der Waals surface area contributed by atoms with Crippen LogP contribution in [-0.2, 0) is 0 Å². The summed E-state index contributed by atoms with van der Waals surface area (Å²) < 4.78 is 39.2. The lowest BCUT2D eigenvalue weighted by Gasteiger charge is -2.40. The van der Waals surface area contributed by atoms with Gasteiger partial charge in [0.15, 0.2) is 0 Å². The topological polar surface area (TPSA) is 32.3 Å². The van der Waals surface area contributed by atoms with Gasteiger partial charge in [0.2, 0.25) is 0 Å². The van der Waals surface area contributed by atoms with Gasteiger partial charge in [-0.2, -0.15) is 24.9 Å². The molecule has 17 heavy (non-hydrogen) atoms. The van der Waals surface area contributed by atoms with Crippen LogP contribution in [0.3, 0.4) is 0 Å². The van der Waals surface area contributed by atoms with E-state index in [1.54, 1.807) is 6.92 Å². The molecule has 0 aliphatic carbocycles. The molecule has 1 fully saturated rings. The summed E-state index contributed by atoms with van der Waals surface area (Å²) in [7, 11) is 1.48. The zero-order valence-corrected chi connectivity index (χ0v) is 10.7. The SMILES string of the molecule is CCN(C)C(=O)NC1(C(F)(F)F)CCSCC1. The minimum atomic E-state index is -4.39. The molecule has 1 N–H and O–H groups in total. The molecule has 0 aromatic rings. The van der Waals surface area contributed by atoms with E-state index in [9.17, 15) is 18.0 Å². The highest BCUT2D eigenvalue weighted by atomic mass is 32.2. The van der Waals surface area contributed by atoms with Crippen LogP contribution in [0.2, 0.25) is 0 Å². The Morgan fingerprint density at radius 2 is 1.94 bits per heavy atom. The Morgan fingerprint density at radius 1 is 1.41 bits per heavy atom. The molecule has 1 heterocycles.